The fraction of sp³-hybridized carbons (Fsp3) is 0.143. The van der Waals surface area contributed by atoms with E-state index in [9.17, 15) is 8.78 Å². The third kappa shape index (κ3) is 3.52. The van der Waals surface area contributed by atoms with Gasteiger partial charge in [-0.15, -0.1) is 0 Å². The van der Waals surface area contributed by atoms with Crippen molar-refractivity contribution in [3.63, 3.8) is 0 Å². The van der Waals surface area contributed by atoms with E-state index >= 15 is 0 Å². The van der Waals surface area contributed by atoms with E-state index < -0.39 is 11.6 Å². The van der Waals surface area contributed by atoms with Gasteiger partial charge in [0.2, 0.25) is 0 Å². The Morgan fingerprint density at radius 2 is 1.84 bits per heavy atom. The number of halogens is 3. The van der Waals surface area contributed by atoms with Crippen LogP contribution in [0.5, 0.6) is 5.75 Å². The zero-order valence-corrected chi connectivity index (χ0v) is 11.5. The van der Waals surface area contributed by atoms with E-state index in [0.717, 1.165) is 4.47 Å². The number of rotatable bonds is 4. The molecule has 0 heterocycles. The number of aliphatic hydroxyl groups is 1. The van der Waals surface area contributed by atoms with Gasteiger partial charge >= 0.3 is 0 Å². The van der Waals surface area contributed by atoms with Gasteiger partial charge in [0.1, 0.15) is 12.4 Å². The molecule has 5 heteroatoms. The molecule has 2 aromatic rings. The predicted molar refractivity (Wildman–Crippen MR) is 70.8 cm³/mol. The molecule has 0 aliphatic carbocycles. The summed E-state index contributed by atoms with van der Waals surface area (Å²) in [7, 11) is 0. The third-order valence-corrected chi connectivity index (χ3v) is 3.06. The molecule has 0 atom stereocenters. The molecular formula is C14H11BrF2O2. The maximum absolute atomic E-state index is 13.6. The molecule has 1 N–H and O–H groups in total. The highest BCUT2D eigenvalue weighted by atomic mass is 79.9. The highest BCUT2D eigenvalue weighted by Crippen LogP contribution is 2.21. The molecule has 0 aromatic heterocycles. The summed E-state index contributed by atoms with van der Waals surface area (Å²) in [5.74, 6) is -0.964. The number of ether oxygens (including phenoxy) is 1. The van der Waals surface area contributed by atoms with Crippen LogP contribution in [0.25, 0.3) is 0 Å². The number of hydrogen-bond donors (Lipinski definition) is 1. The van der Waals surface area contributed by atoms with Gasteiger partial charge < -0.3 is 9.84 Å². The van der Waals surface area contributed by atoms with Crippen molar-refractivity contribution in [3.8, 4) is 5.75 Å². The fourth-order valence-electron chi connectivity index (χ4n) is 1.57. The van der Waals surface area contributed by atoms with Crippen LogP contribution < -0.4 is 4.74 Å². The van der Waals surface area contributed by atoms with Gasteiger partial charge in [-0.2, -0.15) is 0 Å². The van der Waals surface area contributed by atoms with Crippen LogP contribution in [-0.4, -0.2) is 5.11 Å². The van der Waals surface area contributed by atoms with Crippen LogP contribution in [0.1, 0.15) is 11.1 Å². The van der Waals surface area contributed by atoms with Gasteiger partial charge in [-0.1, -0.05) is 22.0 Å². The smallest absolute Gasteiger partial charge is 0.165 e. The summed E-state index contributed by atoms with van der Waals surface area (Å²) in [5.41, 5.74) is 0.790. The minimum Gasteiger partial charge on any atom is -0.486 e. The Morgan fingerprint density at radius 3 is 2.53 bits per heavy atom. The first kappa shape index (κ1) is 14.0. The molecule has 100 valence electrons. The Labute approximate surface area is 117 Å². The first-order valence-corrected chi connectivity index (χ1v) is 6.35. The van der Waals surface area contributed by atoms with Crippen LogP contribution in [-0.2, 0) is 13.2 Å². The summed E-state index contributed by atoms with van der Waals surface area (Å²) < 4.78 is 33.0. The van der Waals surface area contributed by atoms with Gasteiger partial charge in [0.15, 0.2) is 11.6 Å². The number of benzene rings is 2. The maximum atomic E-state index is 13.6. The quantitative estimate of drug-likeness (QED) is 0.925. The summed E-state index contributed by atoms with van der Waals surface area (Å²) >= 11 is 3.23. The summed E-state index contributed by atoms with van der Waals surface area (Å²) in [6.07, 6.45) is 0. The van der Waals surface area contributed by atoms with Gasteiger partial charge in [-0.3, -0.25) is 0 Å². The van der Waals surface area contributed by atoms with Crippen LogP contribution in [0.3, 0.4) is 0 Å². The Hall–Kier alpha value is -1.46. The Kier molecular flexibility index (Phi) is 4.50. The van der Waals surface area contributed by atoms with Crippen molar-refractivity contribution in [2.75, 3.05) is 0 Å². The van der Waals surface area contributed by atoms with Crippen molar-refractivity contribution in [1.29, 1.82) is 0 Å². The monoisotopic (exact) mass is 328 g/mol. The van der Waals surface area contributed by atoms with Crippen LogP contribution in [0.4, 0.5) is 8.78 Å². The molecule has 0 bridgehead atoms. The second-order valence-corrected chi connectivity index (χ2v) is 4.86. The standard InChI is InChI=1S/C14H11BrF2O2/c15-11-2-3-12(16)10(6-11)8-19-14-4-1-9(7-18)5-13(14)17/h1-6,18H,7-8H2. The van der Waals surface area contributed by atoms with Gasteiger partial charge in [0.25, 0.3) is 0 Å². The molecular weight excluding hydrogens is 318 g/mol. The topological polar surface area (TPSA) is 29.5 Å². The SMILES string of the molecule is OCc1ccc(OCc2cc(Br)ccc2F)c(F)c1. The molecule has 0 aliphatic heterocycles. The van der Waals surface area contributed by atoms with E-state index in [1.165, 1.54) is 18.2 Å². The Morgan fingerprint density at radius 1 is 1.05 bits per heavy atom. The fourth-order valence-corrected chi connectivity index (χ4v) is 1.98. The van der Waals surface area contributed by atoms with Crippen molar-refractivity contribution in [1.82, 2.24) is 0 Å². The first-order valence-electron chi connectivity index (χ1n) is 5.56. The van der Waals surface area contributed by atoms with Gasteiger partial charge in [-0.25, -0.2) is 8.78 Å². The summed E-state index contributed by atoms with van der Waals surface area (Å²) in [5, 5.41) is 8.87. The zero-order valence-electron chi connectivity index (χ0n) is 9.87. The molecule has 0 amide bonds. The molecule has 2 rings (SSSR count). The molecule has 0 radical (unpaired) electrons. The molecule has 0 fully saturated rings. The van der Waals surface area contributed by atoms with Crippen molar-refractivity contribution >= 4 is 15.9 Å². The molecule has 0 unspecified atom stereocenters. The number of hydrogen-bond acceptors (Lipinski definition) is 2. The lowest BCUT2D eigenvalue weighted by Crippen LogP contribution is -2.00. The molecule has 2 nitrogen and oxygen atoms in total. The molecule has 0 saturated carbocycles. The summed E-state index contributed by atoms with van der Waals surface area (Å²) in [4.78, 5) is 0. The van der Waals surface area contributed by atoms with Crippen molar-refractivity contribution in [2.24, 2.45) is 0 Å². The summed E-state index contributed by atoms with van der Waals surface area (Å²) in [6, 6.07) is 8.62. The van der Waals surface area contributed by atoms with Crippen LogP contribution in [0.15, 0.2) is 40.9 Å². The Bertz CT molecular complexity index is 588. The third-order valence-electron chi connectivity index (χ3n) is 2.57. The minimum absolute atomic E-state index is 0.0246. The largest absolute Gasteiger partial charge is 0.486 e. The maximum Gasteiger partial charge on any atom is 0.165 e. The molecule has 0 saturated heterocycles. The van der Waals surface area contributed by atoms with E-state index in [2.05, 4.69) is 15.9 Å². The van der Waals surface area contributed by atoms with E-state index in [-0.39, 0.29) is 19.0 Å². The van der Waals surface area contributed by atoms with Crippen molar-refractivity contribution < 1.29 is 18.6 Å². The second kappa shape index (κ2) is 6.12. The molecule has 0 aliphatic rings. The zero-order chi connectivity index (χ0) is 13.8. The molecule has 19 heavy (non-hydrogen) atoms. The van der Waals surface area contributed by atoms with E-state index in [0.29, 0.717) is 11.1 Å². The molecule has 0 spiro atoms. The van der Waals surface area contributed by atoms with Crippen LogP contribution in [0.2, 0.25) is 0 Å². The lowest BCUT2D eigenvalue weighted by molar-refractivity contribution is 0.275. The van der Waals surface area contributed by atoms with Crippen LogP contribution >= 0.6 is 15.9 Å². The lowest BCUT2D eigenvalue weighted by atomic mass is 10.2. The highest BCUT2D eigenvalue weighted by Gasteiger charge is 2.07. The average Bonchev–Trinajstić information content (AvgIpc) is 2.40. The van der Waals surface area contributed by atoms with Crippen molar-refractivity contribution in [2.45, 2.75) is 13.2 Å². The van der Waals surface area contributed by atoms with E-state index in [1.807, 2.05) is 0 Å². The van der Waals surface area contributed by atoms with E-state index in [4.69, 9.17) is 9.84 Å². The van der Waals surface area contributed by atoms with Crippen LogP contribution in [0, 0.1) is 11.6 Å². The number of aliphatic hydroxyl groups excluding tert-OH is 1. The first-order chi connectivity index (χ1) is 9.10. The van der Waals surface area contributed by atoms with E-state index in [1.54, 1.807) is 18.2 Å². The minimum atomic E-state index is -0.582. The highest BCUT2D eigenvalue weighted by molar-refractivity contribution is 9.10. The van der Waals surface area contributed by atoms with Crippen molar-refractivity contribution in [3.05, 3.63) is 63.6 Å². The average molecular weight is 329 g/mol. The Balaban J connectivity index is 2.12. The second-order valence-electron chi connectivity index (χ2n) is 3.95. The molecule has 2 aromatic carbocycles. The lowest BCUT2D eigenvalue weighted by Gasteiger charge is -2.09. The predicted octanol–water partition coefficient (Wildman–Crippen LogP) is 3.80. The van der Waals surface area contributed by atoms with Gasteiger partial charge in [-0.05, 0) is 35.9 Å². The normalized spacial score (nSPS) is 10.5. The van der Waals surface area contributed by atoms with Gasteiger partial charge in [0, 0.05) is 10.0 Å². The van der Waals surface area contributed by atoms with Gasteiger partial charge in [0.05, 0.1) is 6.61 Å². The summed E-state index contributed by atoms with van der Waals surface area (Å²) in [6.45, 7) is -0.307.